The Morgan fingerprint density at radius 2 is 2.08 bits per heavy atom. The van der Waals surface area contributed by atoms with Crippen LogP contribution in [0.1, 0.15) is 61.8 Å². The van der Waals surface area contributed by atoms with E-state index in [0.29, 0.717) is 11.8 Å². The molecule has 136 valence electrons. The average Bonchev–Trinajstić information content (AvgIpc) is 3.30. The minimum atomic E-state index is 0.0717. The average molecular weight is 343 g/mol. The molecule has 25 heavy (non-hydrogen) atoms. The van der Waals surface area contributed by atoms with Crippen LogP contribution >= 0.6 is 0 Å². The summed E-state index contributed by atoms with van der Waals surface area (Å²) in [5.74, 6) is 2.19. The van der Waals surface area contributed by atoms with E-state index in [1.807, 2.05) is 6.92 Å². The predicted molar refractivity (Wildman–Crippen MR) is 95.3 cm³/mol. The van der Waals surface area contributed by atoms with Gasteiger partial charge in [-0.3, -0.25) is 9.58 Å². The maximum atomic E-state index is 5.90. The van der Waals surface area contributed by atoms with Crippen LogP contribution in [-0.2, 0) is 31.8 Å². The van der Waals surface area contributed by atoms with Gasteiger partial charge in [-0.2, -0.15) is 5.10 Å². The summed E-state index contributed by atoms with van der Waals surface area (Å²) in [6.07, 6.45) is 5.74. The largest absolute Gasteiger partial charge is 0.425 e. The molecule has 3 heterocycles. The second kappa shape index (κ2) is 6.24. The summed E-state index contributed by atoms with van der Waals surface area (Å²) >= 11 is 0. The van der Waals surface area contributed by atoms with E-state index in [-0.39, 0.29) is 5.41 Å². The quantitative estimate of drug-likeness (QED) is 0.835. The first-order valence-electron chi connectivity index (χ1n) is 9.64. The fraction of sp³-hybridized carbons (Fsp3) is 0.737. The normalized spacial score (nSPS) is 26.5. The summed E-state index contributed by atoms with van der Waals surface area (Å²) in [7, 11) is 2.07. The number of rotatable bonds is 5. The molecule has 6 nitrogen and oxygen atoms in total. The summed E-state index contributed by atoms with van der Waals surface area (Å²) in [6, 6.07) is 0. The van der Waals surface area contributed by atoms with Gasteiger partial charge in [0.1, 0.15) is 0 Å². The Balaban J connectivity index is 1.61. The van der Waals surface area contributed by atoms with Gasteiger partial charge in [0.05, 0.1) is 11.1 Å². The molecule has 0 bridgehead atoms. The first-order valence-corrected chi connectivity index (χ1v) is 9.64. The summed E-state index contributed by atoms with van der Waals surface area (Å²) in [4.78, 5) is 2.60. The Bertz CT molecular complexity index is 764. The lowest BCUT2D eigenvalue weighted by Crippen LogP contribution is -2.32. The third-order valence-electron chi connectivity index (χ3n) is 6.30. The van der Waals surface area contributed by atoms with Gasteiger partial charge in [0.2, 0.25) is 11.8 Å². The van der Waals surface area contributed by atoms with Crippen molar-refractivity contribution in [1.29, 1.82) is 0 Å². The van der Waals surface area contributed by atoms with E-state index >= 15 is 0 Å². The first kappa shape index (κ1) is 16.8. The molecule has 1 aliphatic carbocycles. The molecule has 1 aliphatic heterocycles. The number of likely N-dealkylation sites (tertiary alicyclic amines) is 1. The van der Waals surface area contributed by atoms with Crippen molar-refractivity contribution in [3.63, 3.8) is 0 Å². The highest BCUT2D eigenvalue weighted by molar-refractivity contribution is 5.27. The molecule has 6 heteroatoms. The van der Waals surface area contributed by atoms with Gasteiger partial charge in [0, 0.05) is 44.9 Å². The van der Waals surface area contributed by atoms with E-state index in [2.05, 4.69) is 40.7 Å². The monoisotopic (exact) mass is 343 g/mol. The topological polar surface area (TPSA) is 60.0 Å². The van der Waals surface area contributed by atoms with Crippen molar-refractivity contribution in [3.8, 4) is 0 Å². The summed E-state index contributed by atoms with van der Waals surface area (Å²) in [6.45, 7) is 9.46. The fourth-order valence-electron chi connectivity index (χ4n) is 5.16. The smallest absolute Gasteiger partial charge is 0.224 e. The molecule has 1 saturated carbocycles. The summed E-state index contributed by atoms with van der Waals surface area (Å²) in [5, 5.41) is 13.3. The second-order valence-corrected chi connectivity index (χ2v) is 7.74. The molecular formula is C19H29N5O. The Hall–Kier alpha value is -1.69. The molecule has 0 spiro atoms. The molecule has 2 aromatic heterocycles. The van der Waals surface area contributed by atoms with Crippen molar-refractivity contribution in [2.24, 2.45) is 13.0 Å². The number of hydrogen-bond acceptors (Lipinski definition) is 5. The van der Waals surface area contributed by atoms with Crippen LogP contribution in [0.5, 0.6) is 0 Å². The lowest BCUT2D eigenvalue weighted by molar-refractivity contribution is 0.264. The molecule has 0 amide bonds. The number of aromatic nitrogens is 4. The van der Waals surface area contributed by atoms with Gasteiger partial charge in [-0.1, -0.05) is 20.3 Å². The van der Waals surface area contributed by atoms with E-state index in [1.165, 1.54) is 36.2 Å². The molecule has 0 N–H and O–H groups in total. The lowest BCUT2D eigenvalue weighted by Gasteiger charge is -2.24. The molecule has 2 atom stereocenters. The molecule has 2 aliphatic rings. The molecule has 1 saturated heterocycles. The van der Waals surface area contributed by atoms with E-state index in [4.69, 9.17) is 9.52 Å². The second-order valence-electron chi connectivity index (χ2n) is 7.74. The van der Waals surface area contributed by atoms with Gasteiger partial charge < -0.3 is 4.42 Å². The zero-order valence-electron chi connectivity index (χ0n) is 15.9. The van der Waals surface area contributed by atoms with Gasteiger partial charge in [-0.15, -0.1) is 10.2 Å². The van der Waals surface area contributed by atoms with Crippen molar-refractivity contribution >= 4 is 0 Å². The van der Waals surface area contributed by atoms with Gasteiger partial charge in [0.25, 0.3) is 0 Å². The highest BCUT2D eigenvalue weighted by Crippen LogP contribution is 2.50. The molecule has 0 aromatic carbocycles. The van der Waals surface area contributed by atoms with Crippen LogP contribution in [-0.4, -0.2) is 38.0 Å². The summed E-state index contributed by atoms with van der Waals surface area (Å²) in [5.41, 5.74) is 4.13. The lowest BCUT2D eigenvalue weighted by atomic mass is 9.80. The van der Waals surface area contributed by atoms with E-state index < -0.39 is 0 Å². The maximum absolute atomic E-state index is 5.90. The number of aryl methyl sites for hydroxylation is 3. The van der Waals surface area contributed by atoms with Crippen LogP contribution in [0.15, 0.2) is 4.42 Å². The number of fused-ring (bicyclic) bond motifs is 1. The van der Waals surface area contributed by atoms with Crippen LogP contribution in [0.2, 0.25) is 0 Å². The zero-order valence-corrected chi connectivity index (χ0v) is 15.9. The van der Waals surface area contributed by atoms with Crippen molar-refractivity contribution in [1.82, 2.24) is 24.9 Å². The molecule has 0 radical (unpaired) electrons. The molecular weight excluding hydrogens is 314 g/mol. The van der Waals surface area contributed by atoms with E-state index in [1.54, 1.807) is 0 Å². The maximum Gasteiger partial charge on any atom is 0.224 e. The third-order valence-corrected chi connectivity index (χ3v) is 6.30. The van der Waals surface area contributed by atoms with Gasteiger partial charge >= 0.3 is 0 Å². The highest BCUT2D eigenvalue weighted by Gasteiger charge is 2.53. The third kappa shape index (κ3) is 2.62. The van der Waals surface area contributed by atoms with Gasteiger partial charge in [0.15, 0.2) is 0 Å². The minimum absolute atomic E-state index is 0.0717. The van der Waals surface area contributed by atoms with Crippen molar-refractivity contribution in [2.45, 2.75) is 64.8 Å². The minimum Gasteiger partial charge on any atom is -0.425 e. The number of nitrogens with zero attached hydrogens (tertiary/aromatic N) is 5. The van der Waals surface area contributed by atoms with Crippen LogP contribution < -0.4 is 0 Å². The Kier molecular flexibility index (Phi) is 4.18. The Morgan fingerprint density at radius 3 is 2.76 bits per heavy atom. The number of hydrogen-bond donors (Lipinski definition) is 0. The van der Waals surface area contributed by atoms with Crippen LogP contribution in [0, 0.1) is 12.8 Å². The zero-order chi connectivity index (χ0) is 17.6. The van der Waals surface area contributed by atoms with Crippen molar-refractivity contribution in [2.75, 3.05) is 13.1 Å². The SMILES string of the molecule is CCc1nn(C)c(CC)c1CN1C[C@@H]2CCC[C@]2(c2nnc(C)o2)C1. The van der Waals surface area contributed by atoms with Gasteiger partial charge in [-0.05, 0) is 31.6 Å². The van der Waals surface area contributed by atoms with Crippen LogP contribution in [0.4, 0.5) is 0 Å². The molecule has 2 aromatic rings. The first-order chi connectivity index (χ1) is 12.1. The van der Waals surface area contributed by atoms with E-state index in [0.717, 1.165) is 38.4 Å². The predicted octanol–water partition coefficient (Wildman–Crippen LogP) is 2.79. The molecule has 0 unspecified atom stereocenters. The van der Waals surface area contributed by atoms with Gasteiger partial charge in [-0.25, -0.2) is 0 Å². The van der Waals surface area contributed by atoms with Crippen molar-refractivity contribution < 1.29 is 4.42 Å². The van der Waals surface area contributed by atoms with Crippen LogP contribution in [0.3, 0.4) is 0 Å². The van der Waals surface area contributed by atoms with Crippen LogP contribution in [0.25, 0.3) is 0 Å². The highest BCUT2D eigenvalue weighted by atomic mass is 16.4. The fourth-order valence-corrected chi connectivity index (χ4v) is 5.16. The standard InChI is InChI=1S/C19H29N5O/c1-5-16-15(17(6-2)23(4)22-16)11-24-10-14-8-7-9-19(14,12-24)18-21-20-13(3)25-18/h14H,5-12H2,1-4H3/t14-,19-/m0/s1. The Labute approximate surface area is 149 Å². The summed E-state index contributed by atoms with van der Waals surface area (Å²) < 4.78 is 7.97. The molecule has 2 fully saturated rings. The van der Waals surface area contributed by atoms with E-state index in [9.17, 15) is 0 Å². The van der Waals surface area contributed by atoms with Crippen molar-refractivity contribution in [3.05, 3.63) is 28.7 Å². The molecule has 4 rings (SSSR count). The Morgan fingerprint density at radius 1 is 1.24 bits per heavy atom.